The van der Waals surface area contributed by atoms with E-state index in [0.29, 0.717) is 79.1 Å². The van der Waals surface area contributed by atoms with Gasteiger partial charge in [0, 0.05) is 68.5 Å². The zero-order valence-electron chi connectivity index (χ0n) is 54.8. The molecule has 3 aliphatic heterocycles. The van der Waals surface area contributed by atoms with Crippen LogP contribution in [0.2, 0.25) is 0 Å². The molecule has 23 nitrogen and oxygen atoms in total. The Balaban J connectivity index is 0.586. The van der Waals surface area contributed by atoms with Crippen molar-refractivity contribution in [3.63, 3.8) is 0 Å². The summed E-state index contributed by atoms with van der Waals surface area (Å²) in [5, 5.41) is 43.2. The van der Waals surface area contributed by atoms with E-state index in [9.17, 15) is 19.5 Å². The Morgan fingerprint density at radius 1 is 0.560 bits per heavy atom. The summed E-state index contributed by atoms with van der Waals surface area (Å²) in [5.41, 5.74) is 11.7. The van der Waals surface area contributed by atoms with Gasteiger partial charge in [0.05, 0.1) is 90.7 Å². The Morgan fingerprint density at radius 2 is 1.07 bits per heavy atom. The van der Waals surface area contributed by atoms with Crippen molar-refractivity contribution in [2.75, 3.05) is 60.0 Å². The molecule has 0 saturated heterocycles. The van der Waals surface area contributed by atoms with Crippen LogP contribution in [0.1, 0.15) is 35.3 Å². The van der Waals surface area contributed by atoms with Crippen molar-refractivity contribution >= 4 is 51.4 Å². The standard InChI is InChI=1S/C77H72N14O9/c1-50(48-96-2)82-75(93)70-45-86(64-15-6-9-18-67(64)98-70)41-53-25-31-60(32-26-53)91-44-61(39-81-91)97-49-63(74(92)54-13-4-3-5-14-54)84-77(95)72-47-88(66-17-8-11-20-69(66)100-72)42-52-23-29-59(30-24-52)90-43-57(38-80-90)55-35-56-37-78-85-73(56)62(36-55)83-76(94)71-46-87(65-16-7-10-19-68(65)99-71)40-51-21-27-58(28-22-51)89-34-12-33-79-89/h3-39,43-44,50,63,70-72,74,92H,40-42,45-49H2,1-2H3,(H,78,85)(H,82,93)(H,83,94)(H,84,95). The number of aliphatic hydroxyl groups excluding tert-OH is 1. The Hall–Kier alpha value is -12.2. The molecule has 6 unspecified atom stereocenters. The summed E-state index contributed by atoms with van der Waals surface area (Å²) in [7, 11) is 1.60. The Bertz CT molecular complexity index is 4830. The number of fused-ring (bicyclic) bond motifs is 4. The molecule has 23 heteroatoms. The SMILES string of the molecule is COCC(C)NC(=O)C1CN(Cc2ccc(-n3cc(OCC(NC(=O)C4CN(Cc5ccc(-n6cc(-c7cc(NC(=O)C8CN(Cc9ccc(-n%10cccn%10)cc9)c9ccccc9O8)c8n[nH]cc8c7)cn6)cc5)c5ccccc5O4)C(O)c4ccccc4)cn3)cc2)c2ccccc2O1. The highest BCUT2D eigenvalue weighted by Gasteiger charge is 2.36. The van der Waals surface area contributed by atoms with Gasteiger partial charge in [0.1, 0.15) is 35.5 Å². The Morgan fingerprint density at radius 3 is 1.62 bits per heavy atom. The maximum atomic E-state index is 14.6. The van der Waals surface area contributed by atoms with Crippen molar-refractivity contribution in [1.29, 1.82) is 0 Å². The highest BCUT2D eigenvalue weighted by Crippen LogP contribution is 2.39. The Labute approximate surface area is 576 Å². The topological polar surface area (TPSA) is 246 Å². The molecule has 0 saturated carbocycles. The lowest BCUT2D eigenvalue weighted by Crippen LogP contribution is -2.53. The molecule has 4 aromatic heterocycles. The third-order valence-electron chi connectivity index (χ3n) is 18.0. The van der Waals surface area contributed by atoms with Crippen LogP contribution in [0.3, 0.4) is 0 Å². The maximum absolute atomic E-state index is 14.6. The number of carbonyl (C=O) groups excluding carboxylic acids is 3. The molecule has 0 spiro atoms. The molecular weight excluding hydrogens is 1260 g/mol. The van der Waals surface area contributed by atoms with Crippen LogP contribution in [0.25, 0.3) is 39.1 Å². The van der Waals surface area contributed by atoms with Crippen molar-refractivity contribution in [3.8, 4) is 51.2 Å². The molecule has 6 atom stereocenters. The van der Waals surface area contributed by atoms with Gasteiger partial charge in [0.25, 0.3) is 17.7 Å². The Kier molecular flexibility index (Phi) is 18.2. The maximum Gasteiger partial charge on any atom is 0.267 e. The number of nitrogens with one attached hydrogen (secondary N) is 4. The number of amides is 3. The van der Waals surface area contributed by atoms with E-state index in [0.717, 1.165) is 67.3 Å². The van der Waals surface area contributed by atoms with Gasteiger partial charge >= 0.3 is 0 Å². The fraction of sp³-hybridized carbons (Fsp3) is 0.208. The molecule has 3 aliphatic rings. The summed E-state index contributed by atoms with van der Waals surface area (Å²) in [5.74, 6) is 1.33. The summed E-state index contributed by atoms with van der Waals surface area (Å²) in [4.78, 5) is 48.6. The van der Waals surface area contributed by atoms with Gasteiger partial charge in [-0.1, -0.05) is 103 Å². The molecule has 504 valence electrons. The van der Waals surface area contributed by atoms with Gasteiger partial charge in [-0.3, -0.25) is 19.5 Å². The fourth-order valence-electron chi connectivity index (χ4n) is 13.0. The largest absolute Gasteiger partial charge is 0.488 e. The summed E-state index contributed by atoms with van der Waals surface area (Å²) >= 11 is 0. The van der Waals surface area contributed by atoms with E-state index in [2.05, 4.69) is 63.2 Å². The fourth-order valence-corrected chi connectivity index (χ4v) is 13.0. The van der Waals surface area contributed by atoms with Crippen molar-refractivity contribution in [2.24, 2.45) is 0 Å². The monoisotopic (exact) mass is 1340 g/mol. The number of hydrogen-bond donors (Lipinski definition) is 5. The normalized spacial score (nSPS) is 16.4. The molecule has 0 fully saturated rings. The van der Waals surface area contributed by atoms with E-state index in [-0.39, 0.29) is 31.0 Å². The van der Waals surface area contributed by atoms with Gasteiger partial charge in [-0.2, -0.15) is 20.4 Å². The number of methoxy groups -OCH3 is 1. The molecule has 8 aromatic carbocycles. The number of aliphatic hydroxyl groups is 1. The molecule has 12 aromatic rings. The molecule has 7 heterocycles. The van der Waals surface area contributed by atoms with Crippen LogP contribution in [0, 0.1) is 0 Å². The summed E-state index contributed by atoms with van der Waals surface area (Å²) < 4.78 is 35.9. The second kappa shape index (κ2) is 28.5. The number of rotatable bonds is 23. The second-order valence-corrected chi connectivity index (χ2v) is 25.1. The lowest BCUT2D eigenvalue weighted by atomic mass is 10.0. The van der Waals surface area contributed by atoms with Crippen LogP contribution >= 0.6 is 0 Å². The molecule has 5 N–H and O–H groups in total. The zero-order chi connectivity index (χ0) is 68.1. The van der Waals surface area contributed by atoms with Crippen LogP contribution in [0.4, 0.5) is 22.7 Å². The van der Waals surface area contributed by atoms with E-state index in [1.54, 1.807) is 42.8 Å². The minimum Gasteiger partial charge on any atom is -0.488 e. The lowest BCUT2D eigenvalue weighted by molar-refractivity contribution is -0.130. The van der Waals surface area contributed by atoms with Crippen molar-refractivity contribution in [2.45, 2.75) is 63.1 Å². The van der Waals surface area contributed by atoms with Crippen LogP contribution in [-0.4, -0.2) is 133 Å². The molecule has 100 heavy (non-hydrogen) atoms. The number of carbonyl (C=O) groups is 3. The quantitative estimate of drug-likeness (QED) is 0.0400. The first-order valence-electron chi connectivity index (χ1n) is 33.1. The number of hydrogen-bond acceptors (Lipinski definition) is 16. The number of aromatic nitrogens is 8. The number of nitrogens with zero attached hydrogens (tertiary/aromatic N) is 10. The van der Waals surface area contributed by atoms with Crippen molar-refractivity contribution < 1.29 is 43.2 Å². The minimum absolute atomic E-state index is 0.0913. The van der Waals surface area contributed by atoms with Crippen molar-refractivity contribution in [3.05, 3.63) is 260 Å². The number of benzene rings is 8. The number of H-pyrrole nitrogens is 1. The third-order valence-corrected chi connectivity index (χ3v) is 18.0. The minimum atomic E-state index is -1.14. The summed E-state index contributed by atoms with van der Waals surface area (Å²) in [6, 6.07) is 61.3. The van der Waals surface area contributed by atoms with Crippen LogP contribution in [0.15, 0.2) is 238 Å². The smallest absolute Gasteiger partial charge is 0.267 e. The van der Waals surface area contributed by atoms with Gasteiger partial charge in [-0.15, -0.1) is 0 Å². The first-order valence-corrected chi connectivity index (χ1v) is 33.1. The van der Waals surface area contributed by atoms with Gasteiger partial charge in [-0.05, 0) is 126 Å². The number of anilines is 4. The molecule has 0 aliphatic carbocycles. The van der Waals surface area contributed by atoms with E-state index in [1.807, 2.05) is 211 Å². The van der Waals surface area contributed by atoms with E-state index in [4.69, 9.17) is 28.8 Å². The predicted molar refractivity (Wildman–Crippen MR) is 378 cm³/mol. The average molecular weight is 1340 g/mol. The summed E-state index contributed by atoms with van der Waals surface area (Å²) in [6.45, 7) is 4.65. The van der Waals surface area contributed by atoms with Gasteiger partial charge in [0.15, 0.2) is 24.1 Å². The summed E-state index contributed by atoms with van der Waals surface area (Å²) in [6.07, 6.45) is 8.94. The highest BCUT2D eigenvalue weighted by atomic mass is 16.5. The number of ether oxygens (including phenoxy) is 5. The van der Waals surface area contributed by atoms with Crippen LogP contribution in [-0.2, 0) is 38.8 Å². The predicted octanol–water partition coefficient (Wildman–Crippen LogP) is 10.2. The first-order chi connectivity index (χ1) is 49.0. The third kappa shape index (κ3) is 14.0. The molecular formula is C77H72N14O9. The van der Waals surface area contributed by atoms with E-state index >= 15 is 0 Å². The number of para-hydroxylation sites is 6. The highest BCUT2D eigenvalue weighted by molar-refractivity contribution is 6.04. The molecule has 3 amide bonds. The van der Waals surface area contributed by atoms with Gasteiger partial charge in [0.2, 0.25) is 0 Å². The number of aromatic amines is 1. The van der Waals surface area contributed by atoms with Crippen LogP contribution in [0.5, 0.6) is 23.0 Å². The van der Waals surface area contributed by atoms with E-state index in [1.165, 1.54) is 0 Å². The lowest BCUT2D eigenvalue weighted by Gasteiger charge is -2.36. The van der Waals surface area contributed by atoms with E-state index < -0.39 is 36.4 Å². The average Bonchev–Trinajstić information content (AvgIpc) is 1.21. The zero-order valence-corrected chi connectivity index (χ0v) is 54.8. The van der Waals surface area contributed by atoms with Crippen LogP contribution < -0.4 is 49.6 Å². The van der Waals surface area contributed by atoms with Crippen molar-refractivity contribution in [1.82, 2.24) is 50.2 Å². The molecule has 0 bridgehead atoms. The molecule has 0 radical (unpaired) electrons. The van der Waals surface area contributed by atoms with Gasteiger partial charge < -0.3 is 59.4 Å². The van der Waals surface area contributed by atoms with Gasteiger partial charge in [-0.25, -0.2) is 14.0 Å². The molecule has 15 rings (SSSR count). The first kappa shape index (κ1) is 63.8. The second-order valence-electron chi connectivity index (χ2n) is 25.1.